The van der Waals surface area contributed by atoms with E-state index in [0.717, 1.165) is 82.2 Å². The fraction of sp³-hybridized carbons (Fsp3) is 0.579. The summed E-state index contributed by atoms with van der Waals surface area (Å²) < 4.78 is 5.40. The van der Waals surface area contributed by atoms with Crippen molar-refractivity contribution in [3.05, 3.63) is 35.5 Å². The van der Waals surface area contributed by atoms with E-state index in [2.05, 4.69) is 24.9 Å². The number of aryl methyl sites for hydroxylation is 1. The zero-order chi connectivity index (χ0) is 18.2. The summed E-state index contributed by atoms with van der Waals surface area (Å²) >= 11 is 0. The molecule has 8 nitrogen and oxygen atoms in total. The van der Waals surface area contributed by atoms with Crippen molar-refractivity contribution < 1.29 is 9.32 Å². The molecule has 0 atom stereocenters. The van der Waals surface area contributed by atoms with Crippen LogP contribution in [0.25, 0.3) is 0 Å². The smallest absolute Gasteiger partial charge is 0.276 e. The third-order valence-electron chi connectivity index (χ3n) is 5.97. The van der Waals surface area contributed by atoms with E-state index in [0.29, 0.717) is 11.7 Å². The molecular weight excluding hydrogens is 344 g/mol. The van der Waals surface area contributed by atoms with Crippen LogP contribution >= 0.6 is 0 Å². The first-order chi connectivity index (χ1) is 13.3. The topological polar surface area (TPSA) is 78.6 Å². The van der Waals surface area contributed by atoms with E-state index in [-0.39, 0.29) is 5.91 Å². The molecule has 2 aromatic heterocycles. The van der Waals surface area contributed by atoms with Gasteiger partial charge >= 0.3 is 0 Å². The predicted molar refractivity (Wildman–Crippen MR) is 98.7 cm³/mol. The minimum atomic E-state index is 0.0365. The molecule has 0 bridgehead atoms. The van der Waals surface area contributed by atoms with Gasteiger partial charge in [0.15, 0.2) is 5.69 Å². The molecule has 142 valence electrons. The van der Waals surface area contributed by atoms with Crippen LogP contribution in [0.1, 0.15) is 34.7 Å². The molecule has 2 fully saturated rings. The highest BCUT2D eigenvalue weighted by atomic mass is 16.5. The van der Waals surface area contributed by atoms with Crippen molar-refractivity contribution in [2.75, 3.05) is 44.2 Å². The summed E-state index contributed by atoms with van der Waals surface area (Å²) in [6.07, 6.45) is 7.64. The van der Waals surface area contributed by atoms with Gasteiger partial charge in [0.25, 0.3) is 5.91 Å². The largest absolute Gasteiger partial charge is 0.360 e. The highest BCUT2D eigenvalue weighted by Gasteiger charge is 2.38. The highest BCUT2D eigenvalue weighted by Crippen LogP contribution is 2.27. The Kier molecular flexibility index (Phi) is 4.27. The average molecular weight is 368 g/mol. The van der Waals surface area contributed by atoms with Crippen molar-refractivity contribution in [2.45, 2.75) is 31.7 Å². The van der Waals surface area contributed by atoms with E-state index in [9.17, 15) is 4.79 Å². The minimum absolute atomic E-state index is 0.0365. The summed E-state index contributed by atoms with van der Waals surface area (Å²) in [6.45, 7) is 5.36. The van der Waals surface area contributed by atoms with Crippen LogP contribution < -0.4 is 4.90 Å². The molecule has 27 heavy (non-hydrogen) atoms. The molecule has 2 saturated heterocycles. The Morgan fingerprint density at radius 1 is 1.04 bits per heavy atom. The van der Waals surface area contributed by atoms with Crippen LogP contribution in [-0.4, -0.2) is 76.1 Å². The number of nitrogens with zero attached hydrogens (tertiary/aromatic N) is 6. The second kappa shape index (κ2) is 6.92. The van der Waals surface area contributed by atoms with Crippen molar-refractivity contribution in [1.82, 2.24) is 24.9 Å². The maximum Gasteiger partial charge on any atom is 0.276 e. The number of carbonyl (C=O) groups is 1. The lowest BCUT2D eigenvalue weighted by Crippen LogP contribution is -2.64. The molecule has 3 aliphatic rings. The van der Waals surface area contributed by atoms with Crippen molar-refractivity contribution in [2.24, 2.45) is 0 Å². The fourth-order valence-electron chi connectivity index (χ4n) is 4.30. The quantitative estimate of drug-likeness (QED) is 0.799. The number of aromatic nitrogens is 3. The molecule has 5 rings (SSSR count). The van der Waals surface area contributed by atoms with Crippen LogP contribution in [0.5, 0.6) is 0 Å². The molecule has 0 spiro atoms. The Hall–Kier alpha value is -2.48. The number of amides is 1. The maximum atomic E-state index is 12.8. The van der Waals surface area contributed by atoms with E-state index in [1.807, 2.05) is 11.0 Å². The van der Waals surface area contributed by atoms with Crippen LogP contribution in [0.3, 0.4) is 0 Å². The second-order valence-corrected chi connectivity index (χ2v) is 7.58. The maximum absolute atomic E-state index is 12.8. The van der Waals surface area contributed by atoms with Gasteiger partial charge in [-0.3, -0.25) is 9.69 Å². The van der Waals surface area contributed by atoms with Gasteiger partial charge < -0.3 is 14.3 Å². The average Bonchev–Trinajstić information content (AvgIpc) is 3.12. The molecule has 0 aromatic carbocycles. The van der Waals surface area contributed by atoms with Crippen LogP contribution in [-0.2, 0) is 12.8 Å². The molecule has 2 aromatic rings. The van der Waals surface area contributed by atoms with E-state index in [1.165, 1.54) is 0 Å². The first kappa shape index (κ1) is 16.7. The van der Waals surface area contributed by atoms with Crippen LogP contribution in [0.4, 0.5) is 5.95 Å². The van der Waals surface area contributed by atoms with Gasteiger partial charge in [-0.15, -0.1) is 0 Å². The van der Waals surface area contributed by atoms with Gasteiger partial charge in [0.1, 0.15) is 5.76 Å². The van der Waals surface area contributed by atoms with Gasteiger partial charge in [-0.2, -0.15) is 0 Å². The number of likely N-dealkylation sites (tertiary alicyclic amines) is 1. The normalized spacial score (nSPS) is 21.0. The fourth-order valence-corrected chi connectivity index (χ4v) is 4.30. The number of rotatable bonds is 3. The SMILES string of the molecule is O=C(c1noc2c1CCCC2)N1CC(N2CCN(c3ncccn3)CC2)C1. The van der Waals surface area contributed by atoms with Gasteiger partial charge in [-0.05, 0) is 25.3 Å². The van der Waals surface area contributed by atoms with Gasteiger partial charge in [0.2, 0.25) is 5.95 Å². The predicted octanol–water partition coefficient (Wildman–Crippen LogP) is 0.990. The number of piperazine rings is 1. The number of anilines is 1. The lowest BCUT2D eigenvalue weighted by atomic mass is 9.95. The Morgan fingerprint density at radius 3 is 2.56 bits per heavy atom. The monoisotopic (exact) mass is 368 g/mol. The lowest BCUT2D eigenvalue weighted by Gasteiger charge is -2.47. The molecule has 1 amide bonds. The summed E-state index contributed by atoms with van der Waals surface area (Å²) in [4.78, 5) is 28.1. The summed E-state index contributed by atoms with van der Waals surface area (Å²) in [7, 11) is 0. The van der Waals surface area contributed by atoms with Gasteiger partial charge in [0.05, 0.1) is 0 Å². The molecule has 0 radical (unpaired) electrons. The first-order valence-corrected chi connectivity index (χ1v) is 9.82. The first-order valence-electron chi connectivity index (χ1n) is 9.82. The lowest BCUT2D eigenvalue weighted by molar-refractivity contribution is 0.0237. The summed E-state index contributed by atoms with van der Waals surface area (Å²) in [5.74, 6) is 1.76. The third kappa shape index (κ3) is 3.07. The Morgan fingerprint density at radius 2 is 1.78 bits per heavy atom. The number of hydrogen-bond donors (Lipinski definition) is 0. The zero-order valence-corrected chi connectivity index (χ0v) is 15.4. The molecule has 4 heterocycles. The van der Waals surface area contributed by atoms with E-state index < -0.39 is 0 Å². The highest BCUT2D eigenvalue weighted by molar-refractivity contribution is 5.94. The summed E-state index contributed by atoms with van der Waals surface area (Å²) in [5.41, 5.74) is 1.60. The zero-order valence-electron chi connectivity index (χ0n) is 15.4. The number of fused-ring (bicyclic) bond motifs is 1. The standard InChI is InChI=1S/C19H24N6O2/c26-18(17-15-4-1-2-5-16(15)27-22-17)25-12-14(13-25)23-8-10-24(11-9-23)19-20-6-3-7-21-19/h3,6-7,14H,1-2,4-5,8-13H2. The van der Waals surface area contributed by atoms with Crippen LogP contribution in [0.2, 0.25) is 0 Å². The Balaban J connectivity index is 1.15. The second-order valence-electron chi connectivity index (χ2n) is 7.58. The van der Waals surface area contributed by atoms with E-state index in [4.69, 9.17) is 4.52 Å². The van der Waals surface area contributed by atoms with Gasteiger partial charge in [0, 0.05) is 69.7 Å². The molecule has 8 heteroatoms. The molecule has 0 N–H and O–H groups in total. The molecule has 1 aliphatic carbocycles. The number of hydrogen-bond acceptors (Lipinski definition) is 7. The third-order valence-corrected chi connectivity index (χ3v) is 5.97. The number of carbonyl (C=O) groups excluding carboxylic acids is 1. The molecular formula is C19H24N6O2. The van der Waals surface area contributed by atoms with Crippen LogP contribution in [0, 0.1) is 0 Å². The van der Waals surface area contributed by atoms with Gasteiger partial charge in [-0.1, -0.05) is 5.16 Å². The van der Waals surface area contributed by atoms with Crippen molar-refractivity contribution in [1.29, 1.82) is 0 Å². The molecule has 2 aliphatic heterocycles. The summed E-state index contributed by atoms with van der Waals surface area (Å²) in [5, 5.41) is 4.08. The van der Waals surface area contributed by atoms with Crippen molar-refractivity contribution in [3.8, 4) is 0 Å². The summed E-state index contributed by atoms with van der Waals surface area (Å²) in [6, 6.07) is 2.28. The van der Waals surface area contributed by atoms with Crippen molar-refractivity contribution >= 4 is 11.9 Å². The van der Waals surface area contributed by atoms with E-state index >= 15 is 0 Å². The van der Waals surface area contributed by atoms with E-state index in [1.54, 1.807) is 12.4 Å². The molecule has 0 saturated carbocycles. The molecule has 0 unspecified atom stereocenters. The minimum Gasteiger partial charge on any atom is -0.360 e. The van der Waals surface area contributed by atoms with Crippen molar-refractivity contribution in [3.63, 3.8) is 0 Å². The van der Waals surface area contributed by atoms with Crippen LogP contribution in [0.15, 0.2) is 23.0 Å². The Labute approximate surface area is 158 Å². The Bertz CT molecular complexity index is 809. The van der Waals surface area contributed by atoms with Gasteiger partial charge in [-0.25, -0.2) is 9.97 Å².